The van der Waals surface area contributed by atoms with Crippen LogP contribution in [0.25, 0.3) is 0 Å². The molecule has 1 heterocycles. The van der Waals surface area contributed by atoms with E-state index >= 15 is 0 Å². The van der Waals surface area contributed by atoms with Crippen molar-refractivity contribution >= 4 is 17.6 Å². The van der Waals surface area contributed by atoms with Crippen LogP contribution in [0.3, 0.4) is 0 Å². The number of hydrogen-bond donors (Lipinski definition) is 2. The van der Waals surface area contributed by atoms with Gasteiger partial charge >= 0.3 is 6.36 Å². The molecule has 0 aliphatic carbocycles. The second kappa shape index (κ2) is 8.28. The van der Waals surface area contributed by atoms with E-state index in [9.17, 15) is 27.6 Å². The van der Waals surface area contributed by atoms with Crippen molar-refractivity contribution in [3.63, 3.8) is 0 Å². The molecule has 0 aromatic heterocycles. The molecule has 0 aromatic carbocycles. The molecule has 23 heavy (non-hydrogen) atoms. The van der Waals surface area contributed by atoms with Crippen molar-refractivity contribution in [2.24, 2.45) is 23.5 Å². The lowest BCUT2D eigenvalue weighted by atomic mass is 9.78. The predicted octanol–water partition coefficient (Wildman–Crippen LogP) is 1.14. The van der Waals surface area contributed by atoms with E-state index in [1.807, 2.05) is 0 Å². The predicted molar refractivity (Wildman–Crippen MR) is 73.8 cm³/mol. The van der Waals surface area contributed by atoms with Crippen LogP contribution in [-0.2, 0) is 19.1 Å². The first-order valence-electron chi connectivity index (χ1n) is 7.46. The number of amides is 2. The Labute approximate surface area is 131 Å². The number of carbonyl (C=O) groups excluding carboxylic acids is 3. The summed E-state index contributed by atoms with van der Waals surface area (Å²) in [6.07, 6.45) is -3.65. The Bertz CT molecular complexity index is 454. The molecule has 1 saturated heterocycles. The van der Waals surface area contributed by atoms with Gasteiger partial charge in [-0.3, -0.25) is 19.1 Å². The van der Waals surface area contributed by atoms with E-state index < -0.39 is 42.4 Å². The van der Waals surface area contributed by atoms with Crippen LogP contribution in [-0.4, -0.2) is 37.1 Å². The fourth-order valence-corrected chi connectivity index (χ4v) is 2.81. The Hall–Kier alpha value is -1.64. The number of alkyl halides is 3. The van der Waals surface area contributed by atoms with Crippen molar-refractivity contribution < 1.29 is 32.3 Å². The smallest absolute Gasteiger partial charge is 0.369 e. The summed E-state index contributed by atoms with van der Waals surface area (Å²) in [5, 5.41) is 2.59. The van der Waals surface area contributed by atoms with Gasteiger partial charge in [-0.15, -0.1) is 13.2 Å². The number of primary amides is 1. The SMILES string of the molecule is CCCC(C(N)=O)[C@H](C[C@H]1CCNC1=O)C(=O)COC(F)(F)F. The lowest BCUT2D eigenvalue weighted by Crippen LogP contribution is -2.38. The zero-order valence-electron chi connectivity index (χ0n) is 12.8. The van der Waals surface area contributed by atoms with Crippen LogP contribution in [0.15, 0.2) is 0 Å². The number of nitrogens with one attached hydrogen (secondary N) is 1. The fraction of sp³-hybridized carbons (Fsp3) is 0.786. The molecular formula is C14H21F3N2O4. The highest BCUT2D eigenvalue weighted by molar-refractivity contribution is 5.90. The molecule has 1 unspecified atom stereocenters. The van der Waals surface area contributed by atoms with Gasteiger partial charge in [0.05, 0.1) is 0 Å². The van der Waals surface area contributed by atoms with Crippen molar-refractivity contribution in [1.29, 1.82) is 0 Å². The number of ether oxygens (including phenoxy) is 1. The molecule has 1 aliphatic heterocycles. The summed E-state index contributed by atoms with van der Waals surface area (Å²) in [5.41, 5.74) is 5.30. The average molecular weight is 338 g/mol. The number of carbonyl (C=O) groups is 3. The van der Waals surface area contributed by atoms with Crippen LogP contribution >= 0.6 is 0 Å². The highest BCUT2D eigenvalue weighted by atomic mass is 19.4. The van der Waals surface area contributed by atoms with Crippen molar-refractivity contribution in [2.75, 3.05) is 13.2 Å². The highest BCUT2D eigenvalue weighted by Crippen LogP contribution is 2.29. The van der Waals surface area contributed by atoms with Gasteiger partial charge < -0.3 is 11.1 Å². The van der Waals surface area contributed by atoms with Gasteiger partial charge in [0, 0.05) is 24.3 Å². The molecule has 0 radical (unpaired) electrons. The molecule has 1 aliphatic rings. The summed E-state index contributed by atoms with van der Waals surface area (Å²) in [6.45, 7) is 1.03. The second-order valence-corrected chi connectivity index (χ2v) is 5.62. The molecule has 9 heteroatoms. The number of Topliss-reactive ketones (excluding diaryl/α,β-unsaturated/α-hetero) is 1. The Balaban J connectivity index is 2.87. The van der Waals surface area contributed by atoms with Gasteiger partial charge in [-0.2, -0.15) is 0 Å². The summed E-state index contributed by atoms with van der Waals surface area (Å²) < 4.78 is 39.9. The van der Waals surface area contributed by atoms with Gasteiger partial charge in [-0.25, -0.2) is 0 Å². The molecule has 0 bridgehead atoms. The minimum atomic E-state index is -4.93. The molecule has 3 atom stereocenters. The van der Waals surface area contributed by atoms with Crippen molar-refractivity contribution in [1.82, 2.24) is 5.32 Å². The van der Waals surface area contributed by atoms with Gasteiger partial charge in [0.25, 0.3) is 0 Å². The minimum absolute atomic E-state index is 0.000505. The first kappa shape index (κ1) is 19.4. The Morgan fingerprint density at radius 3 is 2.48 bits per heavy atom. The zero-order chi connectivity index (χ0) is 17.6. The van der Waals surface area contributed by atoms with E-state index in [1.54, 1.807) is 6.92 Å². The molecule has 2 amide bonds. The first-order valence-corrected chi connectivity index (χ1v) is 7.46. The number of nitrogens with two attached hydrogens (primary N) is 1. The number of halogens is 3. The Kier molecular flexibility index (Phi) is 6.99. The molecule has 132 valence electrons. The van der Waals surface area contributed by atoms with Crippen LogP contribution in [0.2, 0.25) is 0 Å². The number of ketones is 1. The third-order valence-electron chi connectivity index (χ3n) is 3.94. The largest absolute Gasteiger partial charge is 0.522 e. The maximum absolute atomic E-state index is 12.1. The van der Waals surface area contributed by atoms with Gasteiger partial charge in [-0.1, -0.05) is 13.3 Å². The monoisotopic (exact) mass is 338 g/mol. The number of hydrogen-bond acceptors (Lipinski definition) is 4. The Morgan fingerprint density at radius 2 is 2.04 bits per heavy atom. The minimum Gasteiger partial charge on any atom is -0.369 e. The van der Waals surface area contributed by atoms with Crippen LogP contribution in [0.5, 0.6) is 0 Å². The van der Waals surface area contributed by atoms with Gasteiger partial charge in [-0.05, 0) is 19.3 Å². The topological polar surface area (TPSA) is 98.5 Å². The summed E-state index contributed by atoms with van der Waals surface area (Å²) in [6, 6.07) is 0. The normalized spacial score (nSPS) is 20.9. The molecule has 6 nitrogen and oxygen atoms in total. The van der Waals surface area contributed by atoms with Gasteiger partial charge in [0.1, 0.15) is 6.61 Å². The van der Waals surface area contributed by atoms with E-state index in [0.717, 1.165) is 0 Å². The fourth-order valence-electron chi connectivity index (χ4n) is 2.81. The average Bonchev–Trinajstić information content (AvgIpc) is 2.84. The third-order valence-corrected chi connectivity index (χ3v) is 3.94. The van der Waals surface area contributed by atoms with E-state index in [2.05, 4.69) is 10.1 Å². The molecule has 1 fully saturated rings. The van der Waals surface area contributed by atoms with E-state index in [1.165, 1.54) is 0 Å². The maximum Gasteiger partial charge on any atom is 0.522 e. The summed E-state index contributed by atoms with van der Waals surface area (Å²) in [5.74, 6) is -4.34. The standard InChI is InChI=1S/C14H21F3N2O4/c1-2-3-9(12(18)21)10(6-8-4-5-19-13(8)22)11(20)7-23-14(15,16)17/h8-10H,2-7H2,1H3,(H2,18,21)(H,19,22)/t8-,9?,10+/m1/s1. The first-order chi connectivity index (χ1) is 10.7. The van der Waals surface area contributed by atoms with Crippen LogP contribution in [0.1, 0.15) is 32.6 Å². The molecule has 0 aromatic rings. The maximum atomic E-state index is 12.1. The summed E-state index contributed by atoms with van der Waals surface area (Å²) in [4.78, 5) is 35.4. The molecular weight excluding hydrogens is 317 g/mol. The van der Waals surface area contributed by atoms with Gasteiger partial charge in [0.2, 0.25) is 11.8 Å². The molecule has 0 spiro atoms. The summed E-state index contributed by atoms with van der Waals surface area (Å²) in [7, 11) is 0. The number of rotatable bonds is 9. The van der Waals surface area contributed by atoms with E-state index in [-0.39, 0.29) is 18.7 Å². The Morgan fingerprint density at radius 1 is 1.39 bits per heavy atom. The quantitative estimate of drug-likeness (QED) is 0.658. The highest BCUT2D eigenvalue weighted by Gasteiger charge is 2.39. The molecule has 1 rings (SSSR count). The molecule has 3 N–H and O–H groups in total. The van der Waals surface area contributed by atoms with Crippen LogP contribution < -0.4 is 11.1 Å². The lowest BCUT2D eigenvalue weighted by molar-refractivity contribution is -0.321. The lowest BCUT2D eigenvalue weighted by Gasteiger charge is -2.25. The van der Waals surface area contributed by atoms with Crippen molar-refractivity contribution in [2.45, 2.75) is 39.0 Å². The van der Waals surface area contributed by atoms with Crippen LogP contribution in [0, 0.1) is 17.8 Å². The third kappa shape index (κ3) is 6.17. The van der Waals surface area contributed by atoms with Crippen molar-refractivity contribution in [3.8, 4) is 0 Å². The molecule has 0 saturated carbocycles. The van der Waals surface area contributed by atoms with Crippen molar-refractivity contribution in [3.05, 3.63) is 0 Å². The van der Waals surface area contributed by atoms with Crippen LogP contribution in [0.4, 0.5) is 13.2 Å². The van der Waals surface area contributed by atoms with E-state index in [4.69, 9.17) is 5.73 Å². The summed E-state index contributed by atoms with van der Waals surface area (Å²) >= 11 is 0. The van der Waals surface area contributed by atoms with Gasteiger partial charge in [0.15, 0.2) is 5.78 Å². The second-order valence-electron chi connectivity index (χ2n) is 5.62. The van der Waals surface area contributed by atoms with E-state index in [0.29, 0.717) is 19.4 Å². The zero-order valence-corrected chi connectivity index (χ0v) is 12.8.